The van der Waals surface area contributed by atoms with Gasteiger partial charge in [0.25, 0.3) is 5.91 Å². The average Bonchev–Trinajstić information content (AvgIpc) is 3.38. The van der Waals surface area contributed by atoms with E-state index in [1.807, 2.05) is 55.7 Å². The molecule has 144 valence electrons. The average molecular weight is 378 g/mol. The fourth-order valence-electron chi connectivity index (χ4n) is 3.32. The lowest BCUT2D eigenvalue weighted by atomic mass is 9.92. The smallest absolute Gasteiger partial charge is 0.257 e. The summed E-state index contributed by atoms with van der Waals surface area (Å²) in [6.45, 7) is 0.877. The lowest BCUT2D eigenvalue weighted by Crippen LogP contribution is -2.43. The molecule has 1 unspecified atom stereocenters. The number of nitrogens with one attached hydrogen (secondary N) is 1. The number of hydrogen-bond donors (Lipinski definition) is 1. The van der Waals surface area contributed by atoms with Crippen molar-refractivity contribution in [3.8, 4) is 11.5 Å². The Kier molecular flexibility index (Phi) is 5.08. The van der Waals surface area contributed by atoms with Crippen LogP contribution in [0.1, 0.15) is 24.1 Å². The van der Waals surface area contributed by atoms with E-state index in [1.165, 1.54) is 0 Å². The maximum absolute atomic E-state index is 12.9. The van der Waals surface area contributed by atoms with Crippen molar-refractivity contribution in [3.05, 3.63) is 72.3 Å². The number of amides is 1. The van der Waals surface area contributed by atoms with E-state index < -0.39 is 5.60 Å². The van der Waals surface area contributed by atoms with Gasteiger partial charge in [0.15, 0.2) is 5.60 Å². The molecule has 1 aliphatic rings. The molecule has 3 heterocycles. The Morgan fingerprint density at radius 2 is 2.07 bits per heavy atom. The van der Waals surface area contributed by atoms with Gasteiger partial charge in [-0.05, 0) is 37.1 Å². The maximum Gasteiger partial charge on any atom is 0.257 e. The highest BCUT2D eigenvalue weighted by Crippen LogP contribution is 2.36. The number of hydrogen-bond acceptors (Lipinski definition) is 5. The largest absolute Gasteiger partial charge is 0.456 e. The number of rotatable bonds is 6. The molecule has 1 atom stereocenters. The Labute approximate surface area is 163 Å². The first-order chi connectivity index (χ1) is 13.7. The normalized spacial score (nSPS) is 18.8. The van der Waals surface area contributed by atoms with Crippen LogP contribution in [-0.2, 0) is 28.7 Å². The molecule has 0 bridgehead atoms. The van der Waals surface area contributed by atoms with Gasteiger partial charge in [-0.2, -0.15) is 5.10 Å². The monoisotopic (exact) mass is 378 g/mol. The van der Waals surface area contributed by atoms with Crippen LogP contribution in [0.25, 0.3) is 0 Å². The second-order valence-electron chi connectivity index (χ2n) is 6.76. The van der Waals surface area contributed by atoms with Gasteiger partial charge in [0.2, 0.25) is 0 Å². The lowest BCUT2D eigenvalue weighted by molar-refractivity contribution is -0.142. The van der Waals surface area contributed by atoms with E-state index in [2.05, 4.69) is 15.4 Å². The number of aromatic nitrogens is 3. The number of benzene rings is 1. The minimum Gasteiger partial charge on any atom is -0.456 e. The van der Waals surface area contributed by atoms with E-state index >= 15 is 0 Å². The number of para-hydroxylation sites is 1. The first-order valence-corrected chi connectivity index (χ1v) is 9.25. The quantitative estimate of drug-likeness (QED) is 0.714. The van der Waals surface area contributed by atoms with Crippen LogP contribution in [0.3, 0.4) is 0 Å². The summed E-state index contributed by atoms with van der Waals surface area (Å²) in [6.07, 6.45) is 6.66. The maximum atomic E-state index is 12.9. The molecular formula is C21H22N4O3. The summed E-state index contributed by atoms with van der Waals surface area (Å²) >= 11 is 0. The summed E-state index contributed by atoms with van der Waals surface area (Å²) in [7, 11) is 1.83. The molecule has 0 spiro atoms. The lowest BCUT2D eigenvalue weighted by Gasteiger charge is -2.25. The number of carbonyl (C=O) groups is 1. The van der Waals surface area contributed by atoms with Crippen LogP contribution in [0.2, 0.25) is 0 Å². The van der Waals surface area contributed by atoms with Crippen molar-refractivity contribution in [3.63, 3.8) is 0 Å². The molecular weight excluding hydrogens is 356 g/mol. The topological polar surface area (TPSA) is 78.3 Å². The molecule has 28 heavy (non-hydrogen) atoms. The Morgan fingerprint density at radius 1 is 1.21 bits per heavy atom. The molecule has 3 aromatic rings. The third kappa shape index (κ3) is 3.75. The van der Waals surface area contributed by atoms with Crippen LogP contribution in [0.15, 0.2) is 61.1 Å². The number of nitrogens with zero attached hydrogens (tertiary/aromatic N) is 3. The second-order valence-corrected chi connectivity index (χ2v) is 6.76. The SMILES string of the molecule is Cn1cc(C2(C(=O)NCc3ccc(Oc4ccccc4)cn3)CCCO2)cn1. The molecule has 0 saturated carbocycles. The van der Waals surface area contributed by atoms with Crippen LogP contribution < -0.4 is 10.1 Å². The zero-order valence-electron chi connectivity index (χ0n) is 15.7. The minimum absolute atomic E-state index is 0.163. The van der Waals surface area contributed by atoms with Gasteiger partial charge >= 0.3 is 0 Å². The highest BCUT2D eigenvalue weighted by Gasteiger charge is 2.45. The predicted octanol–water partition coefficient (Wildman–Crippen LogP) is 2.93. The Morgan fingerprint density at radius 3 is 2.71 bits per heavy atom. The van der Waals surface area contributed by atoms with Crippen LogP contribution >= 0.6 is 0 Å². The summed E-state index contributed by atoms with van der Waals surface area (Å²) in [4.78, 5) is 17.3. The van der Waals surface area contributed by atoms with E-state index in [4.69, 9.17) is 9.47 Å². The first kappa shape index (κ1) is 18.2. The molecule has 7 nitrogen and oxygen atoms in total. The van der Waals surface area contributed by atoms with E-state index in [-0.39, 0.29) is 5.91 Å². The van der Waals surface area contributed by atoms with Gasteiger partial charge in [0.05, 0.1) is 24.6 Å². The van der Waals surface area contributed by atoms with Crippen molar-refractivity contribution >= 4 is 5.91 Å². The molecule has 1 fully saturated rings. The summed E-state index contributed by atoms with van der Waals surface area (Å²) in [5.41, 5.74) is 0.558. The Balaban J connectivity index is 1.40. The predicted molar refractivity (Wildman–Crippen MR) is 103 cm³/mol. The summed E-state index contributed by atoms with van der Waals surface area (Å²) in [5, 5.41) is 7.14. The molecule has 2 aromatic heterocycles. The Bertz CT molecular complexity index is 932. The minimum atomic E-state index is -0.968. The molecule has 0 radical (unpaired) electrons. The first-order valence-electron chi connectivity index (χ1n) is 9.25. The zero-order valence-corrected chi connectivity index (χ0v) is 15.7. The van der Waals surface area contributed by atoms with Crippen molar-refractivity contribution in [2.45, 2.75) is 25.0 Å². The number of pyridine rings is 1. The van der Waals surface area contributed by atoms with Crippen molar-refractivity contribution < 1.29 is 14.3 Å². The van der Waals surface area contributed by atoms with Gasteiger partial charge in [0.1, 0.15) is 11.5 Å². The van der Waals surface area contributed by atoms with E-state index in [0.717, 1.165) is 23.4 Å². The van der Waals surface area contributed by atoms with Crippen molar-refractivity contribution in [2.24, 2.45) is 7.05 Å². The fraction of sp³-hybridized carbons (Fsp3) is 0.286. The van der Waals surface area contributed by atoms with E-state index in [0.29, 0.717) is 25.3 Å². The number of ether oxygens (including phenoxy) is 2. The molecule has 7 heteroatoms. The molecule has 0 aliphatic carbocycles. The van der Waals surface area contributed by atoms with Crippen molar-refractivity contribution in [1.29, 1.82) is 0 Å². The fourth-order valence-corrected chi connectivity index (χ4v) is 3.32. The van der Waals surface area contributed by atoms with Gasteiger partial charge in [-0.1, -0.05) is 18.2 Å². The van der Waals surface area contributed by atoms with Crippen molar-refractivity contribution in [2.75, 3.05) is 6.61 Å². The highest BCUT2D eigenvalue weighted by atomic mass is 16.5. The molecule has 1 saturated heterocycles. The third-order valence-corrected chi connectivity index (χ3v) is 4.77. The van der Waals surface area contributed by atoms with Crippen LogP contribution in [0.5, 0.6) is 11.5 Å². The number of aryl methyl sites for hydroxylation is 1. The molecule has 1 N–H and O–H groups in total. The van der Waals surface area contributed by atoms with Gasteiger partial charge in [0, 0.05) is 25.4 Å². The van der Waals surface area contributed by atoms with E-state index in [1.54, 1.807) is 17.1 Å². The van der Waals surface area contributed by atoms with Gasteiger partial charge < -0.3 is 14.8 Å². The van der Waals surface area contributed by atoms with E-state index in [9.17, 15) is 4.79 Å². The Hall–Kier alpha value is -3.19. The highest BCUT2D eigenvalue weighted by molar-refractivity contribution is 5.86. The number of carbonyl (C=O) groups excluding carboxylic acids is 1. The van der Waals surface area contributed by atoms with Gasteiger partial charge in [-0.25, -0.2) is 0 Å². The molecule has 4 rings (SSSR count). The van der Waals surface area contributed by atoms with Crippen LogP contribution in [0, 0.1) is 0 Å². The zero-order chi connectivity index (χ0) is 19.4. The second kappa shape index (κ2) is 7.82. The van der Waals surface area contributed by atoms with Crippen LogP contribution in [0.4, 0.5) is 0 Å². The molecule has 1 aliphatic heterocycles. The summed E-state index contributed by atoms with van der Waals surface area (Å²) in [5.74, 6) is 1.23. The summed E-state index contributed by atoms with van der Waals surface area (Å²) < 4.78 is 13.3. The standard InChI is InChI=1S/C21H22N4O3/c1-25-15-16(12-24-25)21(10-5-11-27-21)20(26)23-13-17-8-9-19(14-22-17)28-18-6-3-2-4-7-18/h2-4,6-9,12,14-15H,5,10-11,13H2,1H3,(H,23,26). The van der Waals surface area contributed by atoms with Crippen molar-refractivity contribution in [1.82, 2.24) is 20.1 Å². The van der Waals surface area contributed by atoms with Crippen LogP contribution in [-0.4, -0.2) is 27.3 Å². The van der Waals surface area contributed by atoms with Gasteiger partial charge in [-0.3, -0.25) is 14.5 Å². The third-order valence-electron chi connectivity index (χ3n) is 4.77. The summed E-state index contributed by atoms with van der Waals surface area (Å²) in [6, 6.07) is 13.2. The molecule has 1 amide bonds. The van der Waals surface area contributed by atoms with Gasteiger partial charge in [-0.15, -0.1) is 0 Å². The molecule has 1 aromatic carbocycles.